The number of rotatable bonds is 11. The maximum atomic E-state index is 13.7. The van der Waals surface area contributed by atoms with Gasteiger partial charge in [-0.1, -0.05) is 12.1 Å². The molecule has 0 amide bonds. The second-order valence-corrected chi connectivity index (χ2v) is 9.79. The molecule has 0 aromatic heterocycles. The summed E-state index contributed by atoms with van der Waals surface area (Å²) in [5.41, 5.74) is -1.44. The Bertz CT molecular complexity index is 712. The van der Waals surface area contributed by atoms with Crippen LogP contribution >= 0.6 is 7.60 Å². The first-order valence-electron chi connectivity index (χ1n) is 9.72. The maximum absolute atomic E-state index is 13.7. The zero-order valence-electron chi connectivity index (χ0n) is 18.4. The summed E-state index contributed by atoms with van der Waals surface area (Å²) in [4.78, 5) is 25.2. The molecule has 0 saturated heterocycles. The minimum Gasteiger partial charge on any atom is -0.497 e. The van der Waals surface area contributed by atoms with Crippen molar-refractivity contribution in [3.63, 3.8) is 0 Å². The second-order valence-electron chi connectivity index (χ2n) is 7.64. The van der Waals surface area contributed by atoms with E-state index < -0.39 is 30.7 Å². The van der Waals surface area contributed by atoms with Crippen LogP contribution in [0.5, 0.6) is 5.75 Å². The molecule has 29 heavy (non-hydrogen) atoms. The highest BCUT2D eigenvalue weighted by molar-refractivity contribution is 7.55. The number of methoxy groups -OCH3 is 1. The smallest absolute Gasteiger partial charge is 0.345 e. The van der Waals surface area contributed by atoms with Crippen LogP contribution in [-0.2, 0) is 27.9 Å². The van der Waals surface area contributed by atoms with Gasteiger partial charge in [0.2, 0.25) is 0 Å². The molecule has 2 unspecified atom stereocenters. The number of ether oxygens (including phenoxy) is 2. The highest BCUT2D eigenvalue weighted by Crippen LogP contribution is 2.58. The number of hydrogen-bond acceptors (Lipinski definition) is 7. The first-order chi connectivity index (χ1) is 13.5. The van der Waals surface area contributed by atoms with E-state index in [1.807, 2.05) is 0 Å². The van der Waals surface area contributed by atoms with Crippen molar-refractivity contribution in [3.8, 4) is 5.75 Å². The topological polar surface area (TPSA) is 88.1 Å². The Hall–Kier alpha value is -1.69. The standard InChI is InChI=1S/C21H33O7P/c1-8-26-29(24,27-9-2)19(20(23)28-21(4,5)6)18(14-15(3)22)16-10-12-17(25-7)13-11-16/h10-13,18-19H,8-9,14H2,1-7H3. The van der Waals surface area contributed by atoms with Crippen LogP contribution in [0.4, 0.5) is 0 Å². The molecule has 0 spiro atoms. The van der Waals surface area contributed by atoms with Crippen molar-refractivity contribution in [2.45, 2.75) is 65.1 Å². The maximum Gasteiger partial charge on any atom is 0.345 e. The van der Waals surface area contributed by atoms with Gasteiger partial charge in [0.1, 0.15) is 17.1 Å². The Morgan fingerprint density at radius 1 is 1.03 bits per heavy atom. The Morgan fingerprint density at radius 3 is 1.93 bits per heavy atom. The van der Waals surface area contributed by atoms with Gasteiger partial charge in [0.25, 0.3) is 0 Å². The van der Waals surface area contributed by atoms with Crippen molar-refractivity contribution < 1.29 is 32.7 Å². The number of benzene rings is 1. The fraction of sp³-hybridized carbons (Fsp3) is 0.619. The summed E-state index contributed by atoms with van der Waals surface area (Å²) in [6, 6.07) is 6.93. The summed E-state index contributed by atoms with van der Waals surface area (Å²) in [5, 5.41) is 0. The van der Waals surface area contributed by atoms with Gasteiger partial charge in [-0.3, -0.25) is 9.36 Å². The Morgan fingerprint density at radius 2 is 1.55 bits per heavy atom. The van der Waals surface area contributed by atoms with Crippen LogP contribution in [-0.4, -0.2) is 43.3 Å². The highest BCUT2D eigenvalue weighted by Gasteiger charge is 2.49. The molecule has 0 bridgehead atoms. The van der Waals surface area contributed by atoms with Gasteiger partial charge in [-0.25, -0.2) is 0 Å². The SMILES string of the molecule is CCOP(=O)(OCC)C(C(=O)OC(C)(C)C)C(CC(C)=O)c1ccc(OC)cc1. The predicted molar refractivity (Wildman–Crippen MR) is 112 cm³/mol. The lowest BCUT2D eigenvalue weighted by atomic mass is 9.90. The Kier molecular flexibility index (Phi) is 9.53. The molecule has 164 valence electrons. The lowest BCUT2D eigenvalue weighted by Gasteiger charge is -2.33. The molecule has 0 saturated carbocycles. The molecule has 7 nitrogen and oxygen atoms in total. The Labute approximate surface area is 173 Å². The largest absolute Gasteiger partial charge is 0.497 e. The molecule has 2 atom stereocenters. The number of esters is 1. The summed E-state index contributed by atoms with van der Waals surface area (Å²) in [6.45, 7) is 10.1. The van der Waals surface area contributed by atoms with E-state index >= 15 is 0 Å². The van der Waals surface area contributed by atoms with E-state index in [0.717, 1.165) is 0 Å². The van der Waals surface area contributed by atoms with Crippen molar-refractivity contribution in [1.29, 1.82) is 0 Å². The number of carbonyl (C=O) groups excluding carboxylic acids is 2. The molecule has 1 rings (SSSR count). The van der Waals surface area contributed by atoms with Crippen LogP contribution < -0.4 is 4.74 Å². The van der Waals surface area contributed by atoms with Crippen molar-refractivity contribution in [2.75, 3.05) is 20.3 Å². The summed E-state index contributed by atoms with van der Waals surface area (Å²) >= 11 is 0. The van der Waals surface area contributed by atoms with E-state index in [2.05, 4.69) is 0 Å². The lowest BCUT2D eigenvalue weighted by Crippen LogP contribution is -2.37. The van der Waals surface area contributed by atoms with E-state index in [0.29, 0.717) is 11.3 Å². The van der Waals surface area contributed by atoms with Crippen molar-refractivity contribution in [3.05, 3.63) is 29.8 Å². The third-order valence-electron chi connectivity index (χ3n) is 4.04. The molecule has 0 N–H and O–H groups in total. The molecular formula is C21H33O7P. The van der Waals surface area contributed by atoms with Crippen molar-refractivity contribution >= 4 is 19.3 Å². The van der Waals surface area contributed by atoms with E-state index in [4.69, 9.17) is 18.5 Å². The lowest BCUT2D eigenvalue weighted by molar-refractivity contribution is -0.155. The van der Waals surface area contributed by atoms with Crippen molar-refractivity contribution in [1.82, 2.24) is 0 Å². The molecular weight excluding hydrogens is 395 g/mol. The van der Waals surface area contributed by atoms with Crippen LogP contribution in [0.2, 0.25) is 0 Å². The van der Waals surface area contributed by atoms with Gasteiger partial charge in [-0.05, 0) is 59.2 Å². The molecule has 0 aliphatic carbocycles. The Balaban J connectivity index is 3.57. The number of hydrogen-bond donors (Lipinski definition) is 0. The number of carbonyl (C=O) groups is 2. The van der Waals surface area contributed by atoms with E-state index in [-0.39, 0.29) is 25.4 Å². The fourth-order valence-corrected chi connectivity index (χ4v) is 5.15. The van der Waals surface area contributed by atoms with Gasteiger partial charge in [0.05, 0.1) is 20.3 Å². The molecule has 0 aliphatic rings. The average Bonchev–Trinajstić information content (AvgIpc) is 2.59. The molecule has 8 heteroatoms. The first kappa shape index (κ1) is 25.3. The number of ketones is 1. The van der Waals surface area contributed by atoms with E-state index in [1.54, 1.807) is 66.0 Å². The van der Waals surface area contributed by atoms with Crippen LogP contribution in [0.3, 0.4) is 0 Å². The number of Topliss-reactive ketones (excluding diaryl/α,β-unsaturated/α-hetero) is 1. The molecule has 0 fully saturated rings. The van der Waals surface area contributed by atoms with Gasteiger partial charge >= 0.3 is 13.6 Å². The molecule has 0 aliphatic heterocycles. The van der Waals surface area contributed by atoms with Crippen LogP contribution in [0.15, 0.2) is 24.3 Å². The summed E-state index contributed by atoms with van der Waals surface area (Å²) in [6.07, 6.45) is -0.0135. The zero-order chi connectivity index (χ0) is 22.2. The third kappa shape index (κ3) is 7.57. The highest BCUT2D eigenvalue weighted by atomic mass is 31.2. The van der Waals surface area contributed by atoms with Gasteiger partial charge in [0.15, 0.2) is 5.66 Å². The zero-order valence-corrected chi connectivity index (χ0v) is 19.3. The van der Waals surface area contributed by atoms with Gasteiger partial charge in [0, 0.05) is 12.3 Å². The molecule has 1 aromatic rings. The van der Waals surface area contributed by atoms with Gasteiger partial charge in [-0.15, -0.1) is 0 Å². The normalized spacial score (nSPS) is 14.2. The second kappa shape index (κ2) is 10.9. The molecule has 0 radical (unpaired) electrons. The monoisotopic (exact) mass is 428 g/mol. The third-order valence-corrected chi connectivity index (χ3v) is 6.53. The van der Waals surface area contributed by atoms with E-state index in [1.165, 1.54) is 6.92 Å². The predicted octanol–water partition coefficient (Wildman–Crippen LogP) is 4.73. The van der Waals surface area contributed by atoms with E-state index in [9.17, 15) is 14.2 Å². The van der Waals surface area contributed by atoms with Gasteiger partial charge in [-0.2, -0.15) is 0 Å². The average molecular weight is 428 g/mol. The summed E-state index contributed by atoms with van der Waals surface area (Å²) in [7, 11) is -2.38. The molecule has 1 aromatic carbocycles. The van der Waals surface area contributed by atoms with Crippen molar-refractivity contribution in [2.24, 2.45) is 0 Å². The fourth-order valence-electron chi connectivity index (χ4n) is 3.01. The van der Waals surface area contributed by atoms with Gasteiger partial charge < -0.3 is 23.3 Å². The first-order valence-corrected chi connectivity index (χ1v) is 11.3. The quantitative estimate of drug-likeness (QED) is 0.372. The van der Waals surface area contributed by atoms with Crippen LogP contribution in [0, 0.1) is 0 Å². The minimum absolute atomic E-state index is 0.0135. The minimum atomic E-state index is -3.93. The van der Waals surface area contributed by atoms with Crippen LogP contribution in [0.25, 0.3) is 0 Å². The summed E-state index contributed by atoms with van der Waals surface area (Å²) in [5.74, 6) is -0.983. The van der Waals surface area contributed by atoms with Crippen LogP contribution in [0.1, 0.15) is 59.4 Å². The molecule has 0 heterocycles. The summed E-state index contributed by atoms with van der Waals surface area (Å²) < 4.78 is 35.4.